The molecule has 1 saturated heterocycles. The second-order valence-electron chi connectivity index (χ2n) is 5.75. The van der Waals surface area contributed by atoms with Crippen LogP contribution in [0.2, 0.25) is 0 Å². The molecule has 1 heterocycles. The van der Waals surface area contributed by atoms with Gasteiger partial charge in [-0.05, 0) is 18.4 Å². The number of rotatable bonds is 3. The van der Waals surface area contributed by atoms with Crippen molar-refractivity contribution in [1.29, 1.82) is 0 Å². The molecule has 1 fully saturated rings. The second kappa shape index (κ2) is 5.19. The predicted molar refractivity (Wildman–Crippen MR) is 73.1 cm³/mol. The van der Waals surface area contributed by atoms with Crippen LogP contribution in [-0.4, -0.2) is 31.1 Å². The van der Waals surface area contributed by atoms with Gasteiger partial charge in [0, 0.05) is 26.2 Å². The van der Waals surface area contributed by atoms with Gasteiger partial charge in [0.2, 0.25) is 0 Å². The smallest absolute Gasteiger partial charge is 0.0535 e. The molecule has 1 unspecified atom stereocenters. The van der Waals surface area contributed by atoms with Gasteiger partial charge in [0.1, 0.15) is 0 Å². The minimum Gasteiger partial charge on any atom is -0.305 e. The first-order valence-corrected chi connectivity index (χ1v) is 6.63. The fourth-order valence-corrected chi connectivity index (χ4v) is 2.74. The van der Waals surface area contributed by atoms with Crippen LogP contribution < -0.4 is 5.32 Å². The standard InChI is InChI=1S/C15H24N2/c1-13(2)11-17-10-9-16-15(3,12-17)14-7-5-4-6-8-14/h4-8,13,16H,9-12H2,1-3H3. The molecule has 1 aromatic rings. The first-order chi connectivity index (χ1) is 8.10. The molecule has 94 valence electrons. The van der Waals surface area contributed by atoms with Crippen molar-refractivity contribution in [3.63, 3.8) is 0 Å². The highest BCUT2D eigenvalue weighted by Gasteiger charge is 2.31. The molecule has 1 aliphatic heterocycles. The van der Waals surface area contributed by atoms with E-state index in [0.29, 0.717) is 0 Å². The zero-order valence-electron chi connectivity index (χ0n) is 11.2. The quantitative estimate of drug-likeness (QED) is 0.861. The lowest BCUT2D eigenvalue weighted by atomic mass is 9.89. The van der Waals surface area contributed by atoms with Crippen molar-refractivity contribution >= 4 is 0 Å². The third-order valence-corrected chi connectivity index (χ3v) is 3.52. The van der Waals surface area contributed by atoms with E-state index in [1.807, 2.05) is 0 Å². The molecule has 1 aliphatic rings. The van der Waals surface area contributed by atoms with Gasteiger partial charge in [-0.15, -0.1) is 0 Å². The Balaban J connectivity index is 2.10. The first kappa shape index (κ1) is 12.6. The summed E-state index contributed by atoms with van der Waals surface area (Å²) in [7, 11) is 0. The van der Waals surface area contributed by atoms with Gasteiger partial charge in [0.25, 0.3) is 0 Å². The molecular formula is C15H24N2. The molecule has 0 aromatic heterocycles. The lowest BCUT2D eigenvalue weighted by Crippen LogP contribution is -2.57. The average Bonchev–Trinajstić information content (AvgIpc) is 2.29. The van der Waals surface area contributed by atoms with Crippen molar-refractivity contribution < 1.29 is 0 Å². The average molecular weight is 232 g/mol. The van der Waals surface area contributed by atoms with E-state index in [9.17, 15) is 0 Å². The van der Waals surface area contributed by atoms with Crippen molar-refractivity contribution in [2.45, 2.75) is 26.3 Å². The van der Waals surface area contributed by atoms with Gasteiger partial charge in [-0.3, -0.25) is 4.90 Å². The predicted octanol–water partition coefficient (Wildman–Crippen LogP) is 2.46. The van der Waals surface area contributed by atoms with Crippen LogP contribution in [-0.2, 0) is 5.54 Å². The molecule has 0 radical (unpaired) electrons. The molecule has 17 heavy (non-hydrogen) atoms. The minimum atomic E-state index is 0.106. The Kier molecular flexibility index (Phi) is 3.85. The summed E-state index contributed by atoms with van der Waals surface area (Å²) in [5.74, 6) is 0.744. The van der Waals surface area contributed by atoms with Crippen molar-refractivity contribution in [2.75, 3.05) is 26.2 Å². The van der Waals surface area contributed by atoms with E-state index >= 15 is 0 Å². The fraction of sp³-hybridized carbons (Fsp3) is 0.600. The summed E-state index contributed by atoms with van der Waals surface area (Å²) in [6, 6.07) is 10.8. The van der Waals surface area contributed by atoms with Gasteiger partial charge >= 0.3 is 0 Å². The van der Waals surface area contributed by atoms with Crippen LogP contribution in [0.5, 0.6) is 0 Å². The van der Waals surface area contributed by atoms with Crippen molar-refractivity contribution in [2.24, 2.45) is 5.92 Å². The van der Waals surface area contributed by atoms with Crippen molar-refractivity contribution in [3.8, 4) is 0 Å². The molecule has 1 aromatic carbocycles. The lowest BCUT2D eigenvalue weighted by molar-refractivity contribution is 0.130. The van der Waals surface area contributed by atoms with Crippen molar-refractivity contribution in [1.82, 2.24) is 10.2 Å². The van der Waals surface area contributed by atoms with Crippen LogP contribution in [0, 0.1) is 5.92 Å². The summed E-state index contributed by atoms with van der Waals surface area (Å²) in [5, 5.41) is 3.67. The third kappa shape index (κ3) is 3.08. The molecule has 2 heteroatoms. The monoisotopic (exact) mass is 232 g/mol. The molecule has 0 spiro atoms. The maximum absolute atomic E-state index is 3.67. The van der Waals surface area contributed by atoms with Crippen LogP contribution >= 0.6 is 0 Å². The Morgan fingerprint density at radius 3 is 2.65 bits per heavy atom. The van der Waals surface area contributed by atoms with E-state index < -0.39 is 0 Å². The minimum absolute atomic E-state index is 0.106. The van der Waals surface area contributed by atoms with Crippen LogP contribution in [0.15, 0.2) is 30.3 Å². The Hall–Kier alpha value is -0.860. The summed E-state index contributed by atoms with van der Waals surface area (Å²) in [6.07, 6.45) is 0. The molecular weight excluding hydrogens is 208 g/mol. The van der Waals surface area contributed by atoms with E-state index in [1.54, 1.807) is 0 Å². The Morgan fingerprint density at radius 2 is 2.00 bits per heavy atom. The molecule has 0 aliphatic carbocycles. The highest BCUT2D eigenvalue weighted by molar-refractivity contribution is 5.24. The van der Waals surface area contributed by atoms with E-state index in [2.05, 4.69) is 61.3 Å². The Morgan fingerprint density at radius 1 is 1.29 bits per heavy atom. The largest absolute Gasteiger partial charge is 0.305 e. The molecule has 0 amide bonds. The Labute approximate surface area is 105 Å². The Bertz CT molecular complexity index is 347. The molecule has 1 N–H and O–H groups in total. The zero-order valence-corrected chi connectivity index (χ0v) is 11.2. The molecule has 0 bridgehead atoms. The number of hydrogen-bond acceptors (Lipinski definition) is 2. The topological polar surface area (TPSA) is 15.3 Å². The van der Waals surface area contributed by atoms with Gasteiger partial charge in [-0.2, -0.15) is 0 Å². The number of benzene rings is 1. The molecule has 1 atom stereocenters. The van der Waals surface area contributed by atoms with Gasteiger partial charge in [0.15, 0.2) is 0 Å². The number of nitrogens with zero attached hydrogens (tertiary/aromatic N) is 1. The highest BCUT2D eigenvalue weighted by Crippen LogP contribution is 2.24. The van der Waals surface area contributed by atoms with Gasteiger partial charge in [-0.1, -0.05) is 44.2 Å². The lowest BCUT2D eigenvalue weighted by Gasteiger charge is -2.42. The summed E-state index contributed by atoms with van der Waals surface area (Å²) in [5.41, 5.74) is 1.50. The molecule has 0 saturated carbocycles. The SMILES string of the molecule is CC(C)CN1CCNC(C)(c2ccccc2)C1. The maximum Gasteiger partial charge on any atom is 0.0535 e. The molecule has 2 rings (SSSR count). The van der Waals surface area contributed by atoms with Crippen LogP contribution in [0.3, 0.4) is 0 Å². The van der Waals surface area contributed by atoms with Gasteiger partial charge in [-0.25, -0.2) is 0 Å². The third-order valence-electron chi connectivity index (χ3n) is 3.52. The van der Waals surface area contributed by atoms with E-state index in [0.717, 1.165) is 19.0 Å². The maximum atomic E-state index is 3.67. The van der Waals surface area contributed by atoms with E-state index in [4.69, 9.17) is 0 Å². The fourth-order valence-electron chi connectivity index (χ4n) is 2.74. The summed E-state index contributed by atoms with van der Waals surface area (Å²) < 4.78 is 0. The first-order valence-electron chi connectivity index (χ1n) is 6.63. The van der Waals surface area contributed by atoms with Crippen LogP contribution in [0.25, 0.3) is 0 Å². The second-order valence-corrected chi connectivity index (χ2v) is 5.75. The van der Waals surface area contributed by atoms with Crippen molar-refractivity contribution in [3.05, 3.63) is 35.9 Å². The summed E-state index contributed by atoms with van der Waals surface area (Å²) >= 11 is 0. The summed E-state index contributed by atoms with van der Waals surface area (Å²) in [6.45, 7) is 11.5. The molecule has 2 nitrogen and oxygen atoms in total. The highest BCUT2D eigenvalue weighted by atomic mass is 15.2. The van der Waals surface area contributed by atoms with E-state index in [-0.39, 0.29) is 5.54 Å². The zero-order chi connectivity index (χ0) is 12.3. The normalized spacial score (nSPS) is 26.4. The van der Waals surface area contributed by atoms with Gasteiger partial charge < -0.3 is 5.32 Å². The number of nitrogens with one attached hydrogen (secondary N) is 1. The van der Waals surface area contributed by atoms with Crippen LogP contribution in [0.4, 0.5) is 0 Å². The number of hydrogen-bond donors (Lipinski definition) is 1. The van der Waals surface area contributed by atoms with E-state index in [1.165, 1.54) is 18.7 Å². The number of piperazine rings is 1. The van der Waals surface area contributed by atoms with Gasteiger partial charge in [0.05, 0.1) is 5.54 Å². The summed E-state index contributed by atoms with van der Waals surface area (Å²) in [4.78, 5) is 2.58. The van der Waals surface area contributed by atoms with Crippen LogP contribution in [0.1, 0.15) is 26.3 Å².